The lowest BCUT2D eigenvalue weighted by Gasteiger charge is -2.38. The minimum atomic E-state index is 0.864. The molecule has 0 aromatic rings. The highest BCUT2D eigenvalue weighted by molar-refractivity contribution is 4.84. The molecule has 0 bridgehead atoms. The quantitative estimate of drug-likeness (QED) is 0.700. The van der Waals surface area contributed by atoms with E-state index in [1.54, 1.807) is 0 Å². The molecule has 0 heterocycles. The van der Waals surface area contributed by atoms with Crippen LogP contribution in [0.3, 0.4) is 0 Å². The lowest BCUT2D eigenvalue weighted by atomic mass is 9.73. The van der Waals surface area contributed by atoms with Crippen molar-refractivity contribution in [3.05, 3.63) is 0 Å². The Kier molecular flexibility index (Phi) is 4.29. The number of rotatable bonds is 3. The second-order valence-corrected chi connectivity index (χ2v) is 6.45. The monoisotopic (exact) mass is 223 g/mol. The van der Waals surface area contributed by atoms with Crippen LogP contribution in [0.25, 0.3) is 0 Å². The van der Waals surface area contributed by atoms with E-state index in [1.807, 2.05) is 0 Å². The summed E-state index contributed by atoms with van der Waals surface area (Å²) in [6.45, 7) is 2.54. The SMILES string of the molecule is CC(C1CCCC1)C1CCCC(N(C)C)C1. The van der Waals surface area contributed by atoms with Gasteiger partial charge in [-0.2, -0.15) is 0 Å². The summed E-state index contributed by atoms with van der Waals surface area (Å²) in [5.41, 5.74) is 0. The van der Waals surface area contributed by atoms with Gasteiger partial charge in [-0.25, -0.2) is 0 Å². The van der Waals surface area contributed by atoms with Crippen molar-refractivity contribution in [2.24, 2.45) is 17.8 Å². The zero-order valence-corrected chi connectivity index (χ0v) is 11.4. The van der Waals surface area contributed by atoms with Gasteiger partial charge < -0.3 is 4.90 Å². The normalized spacial score (nSPS) is 34.5. The highest BCUT2D eigenvalue weighted by atomic mass is 15.1. The highest BCUT2D eigenvalue weighted by Crippen LogP contribution is 2.41. The topological polar surface area (TPSA) is 3.24 Å². The Bertz CT molecular complexity index is 205. The van der Waals surface area contributed by atoms with Crippen molar-refractivity contribution in [3.63, 3.8) is 0 Å². The molecule has 0 aromatic carbocycles. The summed E-state index contributed by atoms with van der Waals surface area (Å²) in [6.07, 6.45) is 11.9. The van der Waals surface area contributed by atoms with Crippen LogP contribution in [0.1, 0.15) is 58.3 Å². The standard InChI is InChI=1S/C15H29N/c1-12(13-7-4-5-8-13)14-9-6-10-15(11-14)16(2)3/h12-15H,4-11H2,1-3H3. The molecular formula is C15H29N. The van der Waals surface area contributed by atoms with E-state index < -0.39 is 0 Å². The Morgan fingerprint density at radius 3 is 2.12 bits per heavy atom. The molecule has 16 heavy (non-hydrogen) atoms. The van der Waals surface area contributed by atoms with Gasteiger partial charge >= 0.3 is 0 Å². The van der Waals surface area contributed by atoms with Gasteiger partial charge in [-0.1, -0.05) is 45.4 Å². The van der Waals surface area contributed by atoms with Crippen LogP contribution in [-0.4, -0.2) is 25.0 Å². The van der Waals surface area contributed by atoms with Crippen LogP contribution in [0.2, 0.25) is 0 Å². The maximum Gasteiger partial charge on any atom is 0.00919 e. The van der Waals surface area contributed by atoms with Crippen LogP contribution in [0.5, 0.6) is 0 Å². The Balaban J connectivity index is 1.87. The van der Waals surface area contributed by atoms with Crippen LogP contribution in [-0.2, 0) is 0 Å². The van der Waals surface area contributed by atoms with Crippen molar-refractivity contribution in [1.82, 2.24) is 4.90 Å². The van der Waals surface area contributed by atoms with Gasteiger partial charge in [0, 0.05) is 6.04 Å². The van der Waals surface area contributed by atoms with Gasteiger partial charge in [-0.3, -0.25) is 0 Å². The summed E-state index contributed by atoms with van der Waals surface area (Å²) in [5, 5.41) is 0. The number of nitrogens with zero attached hydrogens (tertiary/aromatic N) is 1. The molecule has 2 aliphatic carbocycles. The van der Waals surface area contributed by atoms with Crippen molar-refractivity contribution < 1.29 is 0 Å². The van der Waals surface area contributed by atoms with Crippen LogP contribution in [0.15, 0.2) is 0 Å². The van der Waals surface area contributed by atoms with E-state index >= 15 is 0 Å². The van der Waals surface area contributed by atoms with E-state index in [0.29, 0.717) is 0 Å². The van der Waals surface area contributed by atoms with Crippen molar-refractivity contribution in [1.29, 1.82) is 0 Å². The molecule has 94 valence electrons. The van der Waals surface area contributed by atoms with Gasteiger partial charge in [-0.15, -0.1) is 0 Å². The Labute approximate surface area is 102 Å². The third-order valence-corrected chi connectivity index (χ3v) is 5.30. The first-order chi connectivity index (χ1) is 7.68. The molecule has 1 nitrogen and oxygen atoms in total. The zero-order valence-electron chi connectivity index (χ0n) is 11.4. The van der Waals surface area contributed by atoms with Gasteiger partial charge in [0.1, 0.15) is 0 Å². The molecule has 0 aliphatic heterocycles. The molecule has 2 saturated carbocycles. The second kappa shape index (κ2) is 5.53. The fraction of sp³-hybridized carbons (Fsp3) is 1.00. The van der Waals surface area contributed by atoms with E-state index in [2.05, 4.69) is 25.9 Å². The van der Waals surface area contributed by atoms with E-state index in [0.717, 1.165) is 23.8 Å². The summed E-state index contributed by atoms with van der Waals surface area (Å²) in [5.74, 6) is 3.07. The van der Waals surface area contributed by atoms with E-state index in [-0.39, 0.29) is 0 Å². The third-order valence-electron chi connectivity index (χ3n) is 5.30. The molecule has 0 aromatic heterocycles. The van der Waals surface area contributed by atoms with Gasteiger partial charge in [0.25, 0.3) is 0 Å². The predicted octanol–water partition coefficient (Wildman–Crippen LogP) is 3.93. The van der Waals surface area contributed by atoms with Crippen molar-refractivity contribution in [2.45, 2.75) is 64.3 Å². The zero-order chi connectivity index (χ0) is 11.5. The Hall–Kier alpha value is -0.0400. The van der Waals surface area contributed by atoms with Crippen LogP contribution < -0.4 is 0 Å². The smallest absolute Gasteiger partial charge is 0.00919 e. The molecule has 2 rings (SSSR count). The minimum Gasteiger partial charge on any atom is -0.306 e. The van der Waals surface area contributed by atoms with Crippen LogP contribution in [0, 0.1) is 17.8 Å². The predicted molar refractivity (Wildman–Crippen MR) is 70.6 cm³/mol. The van der Waals surface area contributed by atoms with Crippen molar-refractivity contribution >= 4 is 0 Å². The molecule has 1 heteroatoms. The molecule has 0 radical (unpaired) electrons. The molecule has 2 fully saturated rings. The first-order valence-corrected chi connectivity index (χ1v) is 7.35. The van der Waals surface area contributed by atoms with E-state index in [9.17, 15) is 0 Å². The lowest BCUT2D eigenvalue weighted by molar-refractivity contribution is 0.126. The van der Waals surface area contributed by atoms with E-state index in [1.165, 1.54) is 51.4 Å². The molecule has 0 N–H and O–H groups in total. The van der Waals surface area contributed by atoms with Crippen molar-refractivity contribution in [3.8, 4) is 0 Å². The van der Waals surface area contributed by atoms with Crippen molar-refractivity contribution in [2.75, 3.05) is 14.1 Å². The maximum absolute atomic E-state index is 2.54. The van der Waals surface area contributed by atoms with Crippen LogP contribution >= 0.6 is 0 Å². The van der Waals surface area contributed by atoms with Gasteiger partial charge in [0.2, 0.25) is 0 Å². The fourth-order valence-corrected chi connectivity index (χ4v) is 4.02. The Morgan fingerprint density at radius 1 is 0.875 bits per heavy atom. The number of hydrogen-bond donors (Lipinski definition) is 0. The molecule has 0 spiro atoms. The summed E-state index contributed by atoms with van der Waals surface area (Å²) < 4.78 is 0. The molecule has 0 saturated heterocycles. The fourth-order valence-electron chi connectivity index (χ4n) is 4.02. The Morgan fingerprint density at radius 2 is 1.50 bits per heavy atom. The third kappa shape index (κ3) is 2.80. The number of hydrogen-bond acceptors (Lipinski definition) is 1. The summed E-state index contributed by atoms with van der Waals surface area (Å²) in [7, 11) is 4.51. The largest absolute Gasteiger partial charge is 0.306 e. The lowest BCUT2D eigenvalue weighted by Crippen LogP contribution is -2.36. The molecule has 3 atom stereocenters. The van der Waals surface area contributed by atoms with Gasteiger partial charge in [0.15, 0.2) is 0 Å². The minimum absolute atomic E-state index is 0.864. The average Bonchev–Trinajstić information content (AvgIpc) is 2.81. The molecule has 2 aliphatic rings. The maximum atomic E-state index is 2.54. The molecule has 0 amide bonds. The van der Waals surface area contributed by atoms with E-state index in [4.69, 9.17) is 0 Å². The second-order valence-electron chi connectivity index (χ2n) is 6.45. The first kappa shape index (κ1) is 12.4. The average molecular weight is 223 g/mol. The summed E-state index contributed by atoms with van der Waals surface area (Å²) >= 11 is 0. The summed E-state index contributed by atoms with van der Waals surface area (Å²) in [4.78, 5) is 2.45. The summed E-state index contributed by atoms with van der Waals surface area (Å²) in [6, 6.07) is 0.864. The highest BCUT2D eigenvalue weighted by Gasteiger charge is 2.32. The first-order valence-electron chi connectivity index (χ1n) is 7.35. The molecular weight excluding hydrogens is 194 g/mol. The van der Waals surface area contributed by atoms with Crippen LogP contribution in [0.4, 0.5) is 0 Å². The van der Waals surface area contributed by atoms with Gasteiger partial charge in [-0.05, 0) is 44.7 Å². The molecule has 3 unspecified atom stereocenters. The van der Waals surface area contributed by atoms with Gasteiger partial charge in [0.05, 0.1) is 0 Å².